The first kappa shape index (κ1) is 17.2. The Kier molecular flexibility index (Phi) is 5.73. The summed E-state index contributed by atoms with van der Waals surface area (Å²) in [5.74, 6) is 0.638. The molecule has 5 nitrogen and oxygen atoms in total. The van der Waals surface area contributed by atoms with E-state index in [1.54, 1.807) is 0 Å². The fourth-order valence-electron chi connectivity index (χ4n) is 2.82. The van der Waals surface area contributed by atoms with Crippen molar-refractivity contribution in [2.75, 3.05) is 17.6 Å². The number of piperidine rings is 1. The number of aromatic nitrogens is 2. The van der Waals surface area contributed by atoms with Crippen LogP contribution in [0, 0.1) is 6.92 Å². The van der Waals surface area contributed by atoms with Gasteiger partial charge in [0.25, 0.3) is 0 Å². The highest BCUT2D eigenvalue weighted by atomic mass is 32.2. The van der Waals surface area contributed by atoms with Gasteiger partial charge >= 0.3 is 0 Å². The number of nitrogens with zero attached hydrogens (tertiary/aromatic N) is 3. The number of hydrogen-bond donors (Lipinski definition) is 1. The molecule has 1 aliphatic rings. The second kappa shape index (κ2) is 7.98. The molecular weight excluding hydrogens is 340 g/mol. The van der Waals surface area contributed by atoms with E-state index in [0.717, 1.165) is 40.1 Å². The number of anilines is 2. The summed E-state index contributed by atoms with van der Waals surface area (Å²) in [7, 11) is 0. The van der Waals surface area contributed by atoms with Gasteiger partial charge in [0.05, 0.1) is 5.75 Å². The number of rotatable bonds is 5. The number of carbonyl (C=O) groups is 1. The predicted octanol–water partition coefficient (Wildman–Crippen LogP) is 4.08. The summed E-state index contributed by atoms with van der Waals surface area (Å²) < 4.78 is 0.823. The monoisotopic (exact) mass is 362 g/mol. The molecule has 7 heteroatoms. The minimum absolute atomic E-state index is 0.204. The topological polar surface area (TPSA) is 58.1 Å². The third kappa shape index (κ3) is 4.27. The first-order valence-electron chi connectivity index (χ1n) is 8.22. The van der Waals surface area contributed by atoms with E-state index >= 15 is 0 Å². The molecule has 0 unspecified atom stereocenters. The average molecular weight is 363 g/mol. The lowest BCUT2D eigenvalue weighted by Crippen LogP contribution is -2.42. The number of aryl methyl sites for hydroxylation is 1. The maximum absolute atomic E-state index is 12.4. The van der Waals surface area contributed by atoms with Crippen LogP contribution in [-0.2, 0) is 4.79 Å². The zero-order valence-corrected chi connectivity index (χ0v) is 15.6. The van der Waals surface area contributed by atoms with Crippen molar-refractivity contribution >= 4 is 39.8 Å². The summed E-state index contributed by atoms with van der Waals surface area (Å²) >= 11 is 2.96. The largest absolute Gasteiger partial charge is 0.339 e. The van der Waals surface area contributed by atoms with Crippen LogP contribution in [-0.4, -0.2) is 39.3 Å². The highest BCUT2D eigenvalue weighted by Gasteiger charge is 2.23. The lowest BCUT2D eigenvalue weighted by Gasteiger charge is -2.33. The molecule has 1 saturated heterocycles. The van der Waals surface area contributed by atoms with Crippen molar-refractivity contribution in [3.05, 3.63) is 29.8 Å². The molecule has 0 spiro atoms. The van der Waals surface area contributed by atoms with Crippen LogP contribution in [0.2, 0.25) is 0 Å². The molecule has 24 heavy (non-hydrogen) atoms. The Morgan fingerprint density at radius 3 is 3.00 bits per heavy atom. The molecule has 1 aromatic carbocycles. The number of nitrogens with one attached hydrogen (secondary N) is 1. The van der Waals surface area contributed by atoms with Gasteiger partial charge in [0.2, 0.25) is 11.0 Å². The van der Waals surface area contributed by atoms with Crippen LogP contribution in [0.4, 0.5) is 10.8 Å². The van der Waals surface area contributed by atoms with Gasteiger partial charge in [-0.3, -0.25) is 4.79 Å². The Hall–Kier alpha value is -1.60. The molecule has 1 aliphatic heterocycles. The summed E-state index contributed by atoms with van der Waals surface area (Å²) in [5, 5.41) is 12.4. The third-order valence-electron chi connectivity index (χ3n) is 4.24. The number of carbonyl (C=O) groups excluding carboxylic acids is 1. The Morgan fingerprint density at radius 1 is 1.38 bits per heavy atom. The van der Waals surface area contributed by atoms with E-state index in [-0.39, 0.29) is 5.91 Å². The molecule has 0 aliphatic carbocycles. The number of hydrogen-bond acceptors (Lipinski definition) is 6. The molecule has 2 aromatic rings. The molecule has 1 aromatic heterocycles. The van der Waals surface area contributed by atoms with Crippen molar-refractivity contribution < 1.29 is 4.79 Å². The van der Waals surface area contributed by atoms with Gasteiger partial charge in [0.1, 0.15) is 0 Å². The van der Waals surface area contributed by atoms with Crippen molar-refractivity contribution in [2.45, 2.75) is 43.5 Å². The summed E-state index contributed by atoms with van der Waals surface area (Å²) in [4.78, 5) is 14.4. The van der Waals surface area contributed by atoms with E-state index in [4.69, 9.17) is 0 Å². The van der Waals surface area contributed by atoms with Gasteiger partial charge in [-0.25, -0.2) is 0 Å². The van der Waals surface area contributed by atoms with E-state index in [1.165, 1.54) is 29.5 Å². The maximum Gasteiger partial charge on any atom is 0.233 e. The molecule has 0 radical (unpaired) electrons. The molecular formula is C17H22N4OS2. The molecule has 128 valence electrons. The van der Waals surface area contributed by atoms with Gasteiger partial charge in [-0.15, -0.1) is 10.2 Å². The lowest BCUT2D eigenvalue weighted by atomic mass is 10.0. The number of likely N-dealkylation sites (tertiary alicyclic amines) is 1. The van der Waals surface area contributed by atoms with E-state index in [2.05, 4.69) is 35.4 Å². The Balaban J connectivity index is 1.54. The zero-order chi connectivity index (χ0) is 16.9. The number of benzene rings is 1. The first-order chi connectivity index (χ1) is 11.6. The van der Waals surface area contributed by atoms with Crippen LogP contribution < -0.4 is 5.32 Å². The standard InChI is InChI=1S/C17H22N4OS2/c1-12-7-3-4-9-14(12)18-16-19-20-17(24-16)23-11-15(22)21-10-6-5-8-13(21)2/h3-4,7,9,13H,5-6,8,10-11H2,1-2H3,(H,18,19)/t13-/m0/s1. The summed E-state index contributed by atoms with van der Waals surface area (Å²) in [6, 6.07) is 8.43. The minimum atomic E-state index is 0.204. The summed E-state index contributed by atoms with van der Waals surface area (Å²) in [5.41, 5.74) is 2.19. The fourth-order valence-corrected chi connectivity index (χ4v) is 4.47. The number of thioether (sulfide) groups is 1. The Bertz CT molecular complexity index is 703. The van der Waals surface area contributed by atoms with Gasteiger partial charge in [-0.2, -0.15) is 0 Å². The van der Waals surface area contributed by atoms with E-state index < -0.39 is 0 Å². The number of para-hydroxylation sites is 1. The smallest absolute Gasteiger partial charge is 0.233 e. The number of amides is 1. The van der Waals surface area contributed by atoms with Gasteiger partial charge in [0, 0.05) is 18.3 Å². The van der Waals surface area contributed by atoms with Crippen LogP contribution in [0.15, 0.2) is 28.6 Å². The first-order valence-corrected chi connectivity index (χ1v) is 10.0. The molecule has 1 amide bonds. The molecule has 2 heterocycles. The summed E-state index contributed by atoms with van der Waals surface area (Å²) in [6.45, 7) is 5.07. The SMILES string of the molecule is Cc1ccccc1Nc1nnc(SCC(=O)N2CCCC[C@@H]2C)s1. The molecule has 1 N–H and O–H groups in total. The molecule has 0 bridgehead atoms. The van der Waals surface area contributed by atoms with Gasteiger partial charge in [-0.1, -0.05) is 41.3 Å². The van der Waals surface area contributed by atoms with Crippen LogP contribution in [0.3, 0.4) is 0 Å². The van der Waals surface area contributed by atoms with Crippen LogP contribution >= 0.6 is 23.1 Å². The second-order valence-corrected chi connectivity index (χ2v) is 8.23. The predicted molar refractivity (Wildman–Crippen MR) is 100 cm³/mol. The van der Waals surface area contributed by atoms with Crippen molar-refractivity contribution in [3.63, 3.8) is 0 Å². The van der Waals surface area contributed by atoms with Crippen molar-refractivity contribution in [3.8, 4) is 0 Å². The fraction of sp³-hybridized carbons (Fsp3) is 0.471. The normalized spacial score (nSPS) is 17.8. The van der Waals surface area contributed by atoms with Crippen molar-refractivity contribution in [1.29, 1.82) is 0 Å². The molecule has 0 saturated carbocycles. The van der Waals surface area contributed by atoms with E-state index in [1.807, 2.05) is 23.1 Å². The average Bonchev–Trinajstić information content (AvgIpc) is 3.03. The van der Waals surface area contributed by atoms with Gasteiger partial charge in [-0.05, 0) is 44.7 Å². The second-order valence-electron chi connectivity index (χ2n) is 6.03. The van der Waals surface area contributed by atoms with Gasteiger partial charge < -0.3 is 10.2 Å². The quantitative estimate of drug-likeness (QED) is 0.812. The Labute approximate surface area is 150 Å². The van der Waals surface area contributed by atoms with Crippen LogP contribution in [0.25, 0.3) is 0 Å². The van der Waals surface area contributed by atoms with Crippen molar-refractivity contribution in [2.24, 2.45) is 0 Å². The highest BCUT2D eigenvalue weighted by Crippen LogP contribution is 2.29. The zero-order valence-electron chi connectivity index (χ0n) is 14.0. The van der Waals surface area contributed by atoms with Crippen LogP contribution in [0.1, 0.15) is 31.7 Å². The highest BCUT2D eigenvalue weighted by molar-refractivity contribution is 8.01. The molecule has 1 fully saturated rings. The van der Waals surface area contributed by atoms with E-state index in [0.29, 0.717) is 11.8 Å². The maximum atomic E-state index is 12.4. The van der Waals surface area contributed by atoms with E-state index in [9.17, 15) is 4.79 Å². The van der Waals surface area contributed by atoms with Crippen molar-refractivity contribution in [1.82, 2.24) is 15.1 Å². The van der Waals surface area contributed by atoms with Gasteiger partial charge in [0.15, 0.2) is 4.34 Å². The summed E-state index contributed by atoms with van der Waals surface area (Å²) in [6.07, 6.45) is 3.45. The third-order valence-corrected chi connectivity index (χ3v) is 6.19. The molecule has 3 rings (SSSR count). The van der Waals surface area contributed by atoms with Crippen LogP contribution in [0.5, 0.6) is 0 Å². The minimum Gasteiger partial charge on any atom is -0.339 e. The lowest BCUT2D eigenvalue weighted by molar-refractivity contribution is -0.131. The molecule has 1 atom stereocenters. The Morgan fingerprint density at radius 2 is 2.21 bits per heavy atom.